The zero-order valence-corrected chi connectivity index (χ0v) is 12.3. The first-order valence-electron chi connectivity index (χ1n) is 6.14. The first kappa shape index (κ1) is 14.6. The lowest BCUT2D eigenvalue weighted by molar-refractivity contribution is 0.123. The molecule has 0 amide bonds. The highest BCUT2D eigenvalue weighted by atomic mass is 32.1. The van der Waals surface area contributed by atoms with E-state index in [0.29, 0.717) is 12.5 Å². The summed E-state index contributed by atoms with van der Waals surface area (Å²) in [5.74, 6) is 0.295. The van der Waals surface area contributed by atoms with E-state index in [-0.39, 0.29) is 11.5 Å². The fraction of sp³-hybridized carbons (Fsp3) is 0.769. The molecule has 1 aromatic rings. The van der Waals surface area contributed by atoms with Crippen molar-refractivity contribution >= 4 is 11.3 Å². The molecule has 3 nitrogen and oxygen atoms in total. The smallest absolute Gasteiger partial charge is 0.107 e. The molecule has 0 spiro atoms. The molecule has 0 aromatic carbocycles. The third-order valence-corrected chi connectivity index (χ3v) is 3.57. The van der Waals surface area contributed by atoms with Crippen molar-refractivity contribution < 1.29 is 5.11 Å². The number of rotatable bonds is 5. The Labute approximate surface area is 108 Å². The summed E-state index contributed by atoms with van der Waals surface area (Å²) in [4.78, 5) is 4.60. The van der Waals surface area contributed by atoms with E-state index < -0.39 is 0 Å². The molecule has 1 heterocycles. The van der Waals surface area contributed by atoms with Gasteiger partial charge in [-0.25, -0.2) is 4.98 Å². The maximum atomic E-state index is 9.66. The Hall–Kier alpha value is -0.450. The minimum Gasteiger partial charge on any atom is -0.392 e. The second-order valence-corrected chi connectivity index (χ2v) is 6.76. The van der Waals surface area contributed by atoms with E-state index in [2.05, 4.69) is 36.5 Å². The SMILES string of the molecule is CC(C)C(O)CNCc1nc(C(C)(C)C)cs1. The van der Waals surface area contributed by atoms with Gasteiger partial charge in [-0.2, -0.15) is 0 Å². The van der Waals surface area contributed by atoms with E-state index in [0.717, 1.165) is 17.2 Å². The Kier molecular flexibility index (Phi) is 5.10. The monoisotopic (exact) mass is 256 g/mol. The number of nitrogens with zero attached hydrogens (tertiary/aromatic N) is 1. The number of aliphatic hydroxyl groups excluding tert-OH is 1. The van der Waals surface area contributed by atoms with Gasteiger partial charge in [0.05, 0.1) is 11.8 Å². The second kappa shape index (κ2) is 5.94. The van der Waals surface area contributed by atoms with Gasteiger partial charge in [-0.1, -0.05) is 34.6 Å². The Balaban J connectivity index is 2.41. The highest BCUT2D eigenvalue weighted by Gasteiger charge is 2.17. The lowest BCUT2D eigenvalue weighted by Gasteiger charge is -2.15. The van der Waals surface area contributed by atoms with Gasteiger partial charge in [-0.15, -0.1) is 11.3 Å². The van der Waals surface area contributed by atoms with Crippen LogP contribution in [0.4, 0.5) is 0 Å². The van der Waals surface area contributed by atoms with Crippen LogP contribution in [0.5, 0.6) is 0 Å². The summed E-state index contributed by atoms with van der Waals surface area (Å²) in [5.41, 5.74) is 1.26. The summed E-state index contributed by atoms with van der Waals surface area (Å²) in [7, 11) is 0. The Morgan fingerprint density at radius 3 is 2.53 bits per heavy atom. The maximum Gasteiger partial charge on any atom is 0.107 e. The molecule has 0 saturated carbocycles. The molecule has 1 atom stereocenters. The number of hydrogen-bond donors (Lipinski definition) is 2. The largest absolute Gasteiger partial charge is 0.392 e. The Morgan fingerprint density at radius 1 is 1.41 bits per heavy atom. The van der Waals surface area contributed by atoms with Crippen molar-refractivity contribution in [2.45, 2.75) is 52.7 Å². The summed E-state index contributed by atoms with van der Waals surface area (Å²) in [6.45, 7) is 11.9. The van der Waals surface area contributed by atoms with Gasteiger partial charge in [0.2, 0.25) is 0 Å². The summed E-state index contributed by atoms with van der Waals surface area (Å²) in [6, 6.07) is 0. The molecule has 17 heavy (non-hydrogen) atoms. The van der Waals surface area contributed by atoms with Gasteiger partial charge in [-0.3, -0.25) is 0 Å². The minimum absolute atomic E-state index is 0.117. The van der Waals surface area contributed by atoms with Gasteiger partial charge in [0.15, 0.2) is 0 Å². The third kappa shape index (κ3) is 4.74. The number of aliphatic hydroxyl groups is 1. The molecule has 0 aliphatic carbocycles. The van der Waals surface area contributed by atoms with Crippen LogP contribution in [-0.4, -0.2) is 22.7 Å². The first-order valence-corrected chi connectivity index (χ1v) is 7.02. The van der Waals surface area contributed by atoms with Crippen LogP contribution in [0.2, 0.25) is 0 Å². The van der Waals surface area contributed by atoms with Crippen LogP contribution >= 0.6 is 11.3 Å². The number of nitrogens with one attached hydrogen (secondary N) is 1. The molecule has 0 aliphatic rings. The Bertz CT molecular complexity index is 341. The molecule has 4 heteroatoms. The van der Waals surface area contributed by atoms with E-state index in [1.54, 1.807) is 11.3 Å². The number of hydrogen-bond acceptors (Lipinski definition) is 4. The lowest BCUT2D eigenvalue weighted by atomic mass is 9.93. The van der Waals surface area contributed by atoms with Crippen LogP contribution in [0, 0.1) is 5.92 Å². The third-order valence-electron chi connectivity index (χ3n) is 2.72. The van der Waals surface area contributed by atoms with Crippen molar-refractivity contribution in [3.63, 3.8) is 0 Å². The summed E-state index contributed by atoms with van der Waals surface area (Å²) in [5, 5.41) is 16.1. The first-order chi connectivity index (χ1) is 7.80. The normalized spacial score (nSPS) is 14.3. The predicted molar refractivity (Wildman–Crippen MR) is 73.4 cm³/mol. The summed E-state index contributed by atoms with van der Waals surface area (Å²) >= 11 is 1.68. The minimum atomic E-state index is -0.281. The van der Waals surface area contributed by atoms with Gasteiger partial charge >= 0.3 is 0 Å². The van der Waals surface area contributed by atoms with Gasteiger partial charge < -0.3 is 10.4 Å². The molecular formula is C13H24N2OS. The van der Waals surface area contributed by atoms with E-state index in [1.165, 1.54) is 0 Å². The molecular weight excluding hydrogens is 232 g/mol. The van der Waals surface area contributed by atoms with Crippen molar-refractivity contribution in [3.8, 4) is 0 Å². The quantitative estimate of drug-likeness (QED) is 0.851. The van der Waals surface area contributed by atoms with Crippen LogP contribution in [0.25, 0.3) is 0 Å². The zero-order chi connectivity index (χ0) is 13.1. The van der Waals surface area contributed by atoms with Crippen molar-refractivity contribution in [2.75, 3.05) is 6.54 Å². The molecule has 0 saturated heterocycles. The van der Waals surface area contributed by atoms with Crippen molar-refractivity contribution in [1.29, 1.82) is 0 Å². The molecule has 98 valence electrons. The van der Waals surface area contributed by atoms with Crippen LogP contribution in [0.1, 0.15) is 45.3 Å². The highest BCUT2D eigenvalue weighted by Crippen LogP contribution is 2.23. The van der Waals surface area contributed by atoms with E-state index in [4.69, 9.17) is 0 Å². The van der Waals surface area contributed by atoms with Gasteiger partial charge in [0.25, 0.3) is 0 Å². The fourth-order valence-corrected chi connectivity index (χ4v) is 2.29. The second-order valence-electron chi connectivity index (χ2n) is 5.82. The van der Waals surface area contributed by atoms with E-state index in [1.807, 2.05) is 13.8 Å². The number of aromatic nitrogens is 1. The average Bonchev–Trinajstić information content (AvgIpc) is 2.65. The molecule has 0 fully saturated rings. The van der Waals surface area contributed by atoms with E-state index in [9.17, 15) is 5.11 Å². The van der Waals surface area contributed by atoms with Gasteiger partial charge in [0.1, 0.15) is 5.01 Å². The number of thiazole rings is 1. The van der Waals surface area contributed by atoms with Crippen molar-refractivity contribution in [1.82, 2.24) is 10.3 Å². The standard InChI is InChI=1S/C13H24N2OS/c1-9(2)10(16)6-14-7-12-15-11(8-17-12)13(3,4)5/h8-10,14,16H,6-7H2,1-5H3. The predicted octanol–water partition coefficient (Wildman–Crippen LogP) is 2.55. The molecule has 1 rings (SSSR count). The zero-order valence-electron chi connectivity index (χ0n) is 11.4. The summed E-state index contributed by atoms with van der Waals surface area (Å²) in [6.07, 6.45) is -0.281. The summed E-state index contributed by atoms with van der Waals surface area (Å²) < 4.78 is 0. The molecule has 0 radical (unpaired) electrons. The molecule has 2 N–H and O–H groups in total. The topological polar surface area (TPSA) is 45.1 Å². The van der Waals surface area contributed by atoms with Crippen molar-refractivity contribution in [3.05, 3.63) is 16.1 Å². The highest BCUT2D eigenvalue weighted by molar-refractivity contribution is 7.09. The molecule has 0 aliphatic heterocycles. The van der Waals surface area contributed by atoms with Crippen LogP contribution < -0.4 is 5.32 Å². The van der Waals surface area contributed by atoms with Gasteiger partial charge in [-0.05, 0) is 5.92 Å². The fourth-order valence-electron chi connectivity index (χ4n) is 1.30. The van der Waals surface area contributed by atoms with E-state index >= 15 is 0 Å². The van der Waals surface area contributed by atoms with Crippen LogP contribution in [-0.2, 0) is 12.0 Å². The lowest BCUT2D eigenvalue weighted by Crippen LogP contribution is -2.30. The maximum absolute atomic E-state index is 9.66. The van der Waals surface area contributed by atoms with Crippen molar-refractivity contribution in [2.24, 2.45) is 5.92 Å². The average molecular weight is 256 g/mol. The van der Waals surface area contributed by atoms with Crippen LogP contribution in [0.3, 0.4) is 0 Å². The molecule has 1 aromatic heterocycles. The van der Waals surface area contributed by atoms with Crippen LogP contribution in [0.15, 0.2) is 5.38 Å². The molecule has 0 bridgehead atoms. The Morgan fingerprint density at radius 2 is 2.06 bits per heavy atom. The van der Waals surface area contributed by atoms with Gasteiger partial charge in [0, 0.05) is 23.9 Å². The molecule has 1 unspecified atom stereocenters.